The zero-order valence-electron chi connectivity index (χ0n) is 19.1. The van der Waals surface area contributed by atoms with Crippen LogP contribution in [0.15, 0.2) is 48.5 Å². The van der Waals surface area contributed by atoms with Crippen molar-refractivity contribution in [3.63, 3.8) is 0 Å². The van der Waals surface area contributed by atoms with Crippen LogP contribution in [0.1, 0.15) is 37.8 Å². The fraction of sp³-hybridized carbons (Fsp3) is 0.458. The van der Waals surface area contributed by atoms with Gasteiger partial charge >= 0.3 is 10.2 Å². The first-order valence-corrected chi connectivity index (χ1v) is 12.6. The lowest BCUT2D eigenvalue weighted by Gasteiger charge is -2.35. The van der Waals surface area contributed by atoms with Crippen LogP contribution in [0.5, 0.6) is 5.75 Å². The second-order valence-corrected chi connectivity index (χ2v) is 9.79. The molecule has 7 nitrogen and oxygen atoms in total. The normalized spacial score (nSPS) is 17.0. The minimum absolute atomic E-state index is 0.0998. The van der Waals surface area contributed by atoms with Crippen LogP contribution in [0.2, 0.25) is 0 Å². The van der Waals surface area contributed by atoms with Gasteiger partial charge in [0.2, 0.25) is 5.91 Å². The van der Waals surface area contributed by atoms with E-state index in [4.69, 9.17) is 4.74 Å². The van der Waals surface area contributed by atoms with Crippen molar-refractivity contribution in [2.45, 2.75) is 40.2 Å². The van der Waals surface area contributed by atoms with Crippen molar-refractivity contribution in [1.29, 1.82) is 0 Å². The summed E-state index contributed by atoms with van der Waals surface area (Å²) >= 11 is 0. The van der Waals surface area contributed by atoms with E-state index < -0.39 is 10.2 Å². The van der Waals surface area contributed by atoms with Crippen molar-refractivity contribution in [2.24, 2.45) is 5.92 Å². The van der Waals surface area contributed by atoms with Gasteiger partial charge < -0.3 is 10.1 Å². The molecule has 1 N–H and O–H groups in total. The summed E-state index contributed by atoms with van der Waals surface area (Å²) in [6, 6.07) is 15.0. The Morgan fingerprint density at radius 1 is 1.16 bits per heavy atom. The number of amides is 1. The van der Waals surface area contributed by atoms with Gasteiger partial charge in [0.05, 0.1) is 18.2 Å². The highest BCUT2D eigenvalue weighted by atomic mass is 32.2. The van der Waals surface area contributed by atoms with E-state index in [1.807, 2.05) is 45.0 Å². The van der Waals surface area contributed by atoms with E-state index in [2.05, 4.69) is 5.32 Å². The number of nitrogens with zero attached hydrogens (tertiary/aromatic N) is 2. The highest BCUT2D eigenvalue weighted by Gasteiger charge is 2.35. The van der Waals surface area contributed by atoms with Gasteiger partial charge in [-0.05, 0) is 69.0 Å². The summed E-state index contributed by atoms with van der Waals surface area (Å²) in [6.45, 7) is 7.63. The molecule has 3 rings (SSSR count). The molecule has 8 heteroatoms. The fourth-order valence-electron chi connectivity index (χ4n) is 3.99. The van der Waals surface area contributed by atoms with Gasteiger partial charge in [-0.25, -0.2) is 0 Å². The van der Waals surface area contributed by atoms with Gasteiger partial charge in [-0.15, -0.1) is 0 Å². The molecule has 1 aliphatic heterocycles. The number of ether oxygens (including phenoxy) is 1. The number of nitrogens with one attached hydrogen (secondary N) is 1. The molecule has 1 saturated heterocycles. The summed E-state index contributed by atoms with van der Waals surface area (Å²) in [4.78, 5) is 12.8. The molecule has 0 unspecified atom stereocenters. The number of anilines is 1. The fourth-order valence-corrected chi connectivity index (χ4v) is 5.72. The van der Waals surface area contributed by atoms with Gasteiger partial charge in [-0.3, -0.25) is 9.10 Å². The Kier molecular flexibility index (Phi) is 8.15. The van der Waals surface area contributed by atoms with E-state index >= 15 is 0 Å². The van der Waals surface area contributed by atoms with Crippen molar-refractivity contribution in [3.8, 4) is 5.75 Å². The molecular weight excluding hydrogens is 426 g/mol. The van der Waals surface area contributed by atoms with Gasteiger partial charge in [-0.1, -0.05) is 24.3 Å². The molecule has 2 aromatic rings. The summed E-state index contributed by atoms with van der Waals surface area (Å²) in [7, 11) is -3.75. The molecule has 32 heavy (non-hydrogen) atoms. The first-order chi connectivity index (χ1) is 15.4. The minimum Gasteiger partial charge on any atom is -0.494 e. The molecule has 174 valence electrons. The molecule has 1 aliphatic rings. The van der Waals surface area contributed by atoms with Crippen LogP contribution in [0.25, 0.3) is 0 Å². The summed E-state index contributed by atoms with van der Waals surface area (Å²) in [5.41, 5.74) is 2.77. The van der Waals surface area contributed by atoms with Crippen molar-refractivity contribution >= 4 is 21.8 Å². The van der Waals surface area contributed by atoms with E-state index in [9.17, 15) is 13.2 Å². The van der Waals surface area contributed by atoms with Gasteiger partial charge in [0, 0.05) is 26.2 Å². The van der Waals surface area contributed by atoms with Crippen molar-refractivity contribution < 1.29 is 17.9 Å². The van der Waals surface area contributed by atoms with Crippen LogP contribution < -0.4 is 14.4 Å². The van der Waals surface area contributed by atoms with E-state index in [1.165, 1.54) is 8.61 Å². The minimum atomic E-state index is -3.75. The van der Waals surface area contributed by atoms with Crippen molar-refractivity contribution in [3.05, 3.63) is 59.7 Å². The maximum atomic E-state index is 13.4. The summed E-state index contributed by atoms with van der Waals surface area (Å²) < 4.78 is 35.1. The first kappa shape index (κ1) is 24.1. The van der Waals surface area contributed by atoms with Crippen LogP contribution in [0, 0.1) is 12.8 Å². The monoisotopic (exact) mass is 459 g/mol. The van der Waals surface area contributed by atoms with Gasteiger partial charge in [-0.2, -0.15) is 12.7 Å². The number of piperidine rings is 1. The number of hydrogen-bond donors (Lipinski definition) is 1. The summed E-state index contributed by atoms with van der Waals surface area (Å²) in [5, 5.41) is 2.99. The van der Waals surface area contributed by atoms with Crippen LogP contribution in [0.3, 0.4) is 0 Å². The quantitative estimate of drug-likeness (QED) is 0.623. The third kappa shape index (κ3) is 5.61. The summed E-state index contributed by atoms with van der Waals surface area (Å²) in [6.07, 6.45) is 1.34. The maximum absolute atomic E-state index is 13.4. The molecule has 0 aliphatic carbocycles. The molecule has 1 atom stereocenters. The molecular formula is C24H33N3O4S. The Labute approximate surface area is 191 Å². The Balaban J connectivity index is 1.67. The predicted molar refractivity (Wildman–Crippen MR) is 127 cm³/mol. The lowest BCUT2D eigenvalue weighted by Crippen LogP contribution is -2.50. The number of aryl methyl sites for hydroxylation is 1. The molecule has 0 saturated carbocycles. The highest BCUT2D eigenvalue weighted by Crippen LogP contribution is 2.27. The number of carbonyl (C=O) groups excluding carboxylic acids is 1. The topological polar surface area (TPSA) is 79.0 Å². The predicted octanol–water partition coefficient (Wildman–Crippen LogP) is 3.49. The second kappa shape index (κ2) is 10.8. The average Bonchev–Trinajstić information content (AvgIpc) is 2.80. The zero-order chi connectivity index (χ0) is 23.1. The molecule has 1 heterocycles. The van der Waals surface area contributed by atoms with Gasteiger partial charge in [0.15, 0.2) is 0 Å². The summed E-state index contributed by atoms with van der Waals surface area (Å²) in [5.74, 6) is 0.243. The molecule has 0 radical (unpaired) electrons. The smallest absolute Gasteiger partial charge is 0.304 e. The lowest BCUT2D eigenvalue weighted by atomic mass is 9.98. The van der Waals surface area contributed by atoms with Crippen LogP contribution >= 0.6 is 0 Å². The molecule has 2 aromatic carbocycles. The molecule has 0 aromatic heterocycles. The van der Waals surface area contributed by atoms with Crippen molar-refractivity contribution in [1.82, 2.24) is 9.62 Å². The Hall–Kier alpha value is -2.58. The SMILES string of the molecule is CCOc1ccc(N(CC)S(=O)(=O)N2CCC[C@@H](C(=O)NCc3ccccc3C)C2)cc1. The van der Waals surface area contributed by atoms with E-state index in [0.717, 1.165) is 11.1 Å². The second-order valence-electron chi connectivity index (χ2n) is 7.94. The number of rotatable bonds is 9. The molecule has 1 fully saturated rings. The molecule has 0 bridgehead atoms. The average molecular weight is 460 g/mol. The van der Waals surface area contributed by atoms with Crippen molar-refractivity contribution in [2.75, 3.05) is 30.5 Å². The van der Waals surface area contributed by atoms with Gasteiger partial charge in [0.1, 0.15) is 5.75 Å². The molecule has 0 spiro atoms. The number of benzene rings is 2. The van der Waals surface area contributed by atoms with Gasteiger partial charge in [0.25, 0.3) is 0 Å². The first-order valence-electron chi connectivity index (χ1n) is 11.2. The Bertz CT molecular complexity index is 1010. The maximum Gasteiger partial charge on any atom is 0.304 e. The Morgan fingerprint density at radius 3 is 2.53 bits per heavy atom. The molecule has 1 amide bonds. The Morgan fingerprint density at radius 2 is 1.88 bits per heavy atom. The highest BCUT2D eigenvalue weighted by molar-refractivity contribution is 7.90. The standard InChI is InChI=1S/C24H33N3O4S/c1-4-27(22-12-14-23(15-13-22)31-5-2)32(29,30)26-16-8-11-21(18-26)24(28)25-17-20-10-7-6-9-19(20)3/h6-7,9-10,12-15,21H,4-5,8,11,16-18H2,1-3H3,(H,25,28)/t21-/m1/s1. The number of hydrogen-bond acceptors (Lipinski definition) is 4. The zero-order valence-corrected chi connectivity index (χ0v) is 19.9. The van der Waals surface area contributed by atoms with Crippen LogP contribution in [-0.4, -0.2) is 44.9 Å². The van der Waals surface area contributed by atoms with E-state index in [0.29, 0.717) is 50.5 Å². The van der Waals surface area contributed by atoms with E-state index in [-0.39, 0.29) is 18.4 Å². The lowest BCUT2D eigenvalue weighted by molar-refractivity contribution is -0.126. The van der Waals surface area contributed by atoms with Crippen LogP contribution in [-0.2, 0) is 21.5 Å². The third-order valence-corrected chi connectivity index (χ3v) is 7.81. The third-order valence-electron chi connectivity index (χ3n) is 5.80. The number of carbonyl (C=O) groups is 1. The largest absolute Gasteiger partial charge is 0.494 e. The van der Waals surface area contributed by atoms with E-state index in [1.54, 1.807) is 24.3 Å². The van der Waals surface area contributed by atoms with Crippen LogP contribution in [0.4, 0.5) is 5.69 Å².